The first-order valence-electron chi connectivity index (χ1n) is 8.62. The lowest BCUT2D eigenvalue weighted by Gasteiger charge is -2.17. The number of rotatable bonds is 7. The van der Waals surface area contributed by atoms with E-state index in [9.17, 15) is 4.79 Å². The van der Waals surface area contributed by atoms with E-state index in [4.69, 9.17) is 14.2 Å². The zero-order chi connectivity index (χ0) is 18.9. The number of carbonyl (C=O) groups is 1. The summed E-state index contributed by atoms with van der Waals surface area (Å²) in [6.07, 6.45) is 2.26. The van der Waals surface area contributed by atoms with Crippen LogP contribution in [0.4, 0.5) is 5.69 Å². The molecule has 26 heavy (non-hydrogen) atoms. The van der Waals surface area contributed by atoms with Gasteiger partial charge in [0.25, 0.3) is 0 Å². The standard InChI is InChI=1S/C18H28N4O4/c1-22(2)17(23)12-20-18(19-11-14-6-5-9-26-14)21-13-7-8-15(24-3)16(10-13)25-4/h7-8,10,14H,5-6,9,11-12H2,1-4H3,(H2,19,20,21). The van der Waals surface area contributed by atoms with Crippen molar-refractivity contribution >= 4 is 17.6 Å². The van der Waals surface area contributed by atoms with Crippen molar-refractivity contribution < 1.29 is 19.0 Å². The molecule has 1 aliphatic rings. The van der Waals surface area contributed by atoms with Gasteiger partial charge in [-0.25, -0.2) is 4.99 Å². The molecule has 0 radical (unpaired) electrons. The van der Waals surface area contributed by atoms with Crippen LogP contribution in [0, 0.1) is 0 Å². The van der Waals surface area contributed by atoms with Crippen molar-refractivity contribution in [1.29, 1.82) is 0 Å². The largest absolute Gasteiger partial charge is 0.493 e. The third-order valence-corrected chi connectivity index (χ3v) is 4.04. The van der Waals surface area contributed by atoms with Crippen LogP contribution in [0.5, 0.6) is 11.5 Å². The van der Waals surface area contributed by atoms with Crippen LogP contribution in [0.15, 0.2) is 23.2 Å². The average Bonchev–Trinajstić information content (AvgIpc) is 3.16. The van der Waals surface area contributed by atoms with Crippen LogP contribution < -0.4 is 20.1 Å². The molecule has 0 aromatic heterocycles. The van der Waals surface area contributed by atoms with Gasteiger partial charge in [0.05, 0.1) is 20.3 Å². The number of likely N-dealkylation sites (N-methyl/N-ethyl adjacent to an activating group) is 1. The number of methoxy groups -OCH3 is 2. The first-order chi connectivity index (χ1) is 12.5. The number of benzene rings is 1. The third-order valence-electron chi connectivity index (χ3n) is 4.04. The summed E-state index contributed by atoms with van der Waals surface area (Å²) in [7, 11) is 6.59. The van der Waals surface area contributed by atoms with Crippen molar-refractivity contribution in [3.05, 3.63) is 18.2 Å². The number of anilines is 1. The normalized spacial score (nSPS) is 16.9. The molecule has 8 heteroatoms. The molecule has 144 valence electrons. The Morgan fingerprint density at radius 1 is 1.31 bits per heavy atom. The quantitative estimate of drug-likeness (QED) is 0.561. The van der Waals surface area contributed by atoms with Crippen molar-refractivity contribution in [3.63, 3.8) is 0 Å². The van der Waals surface area contributed by atoms with Crippen molar-refractivity contribution in [3.8, 4) is 11.5 Å². The van der Waals surface area contributed by atoms with Crippen LogP contribution in [0.1, 0.15) is 12.8 Å². The highest BCUT2D eigenvalue weighted by Crippen LogP contribution is 2.29. The minimum Gasteiger partial charge on any atom is -0.493 e. The number of aliphatic imine (C=N–C) groups is 1. The highest BCUT2D eigenvalue weighted by molar-refractivity contribution is 5.95. The van der Waals surface area contributed by atoms with Crippen LogP contribution in [0.2, 0.25) is 0 Å². The maximum absolute atomic E-state index is 11.8. The van der Waals surface area contributed by atoms with Gasteiger partial charge in [0, 0.05) is 39.0 Å². The average molecular weight is 364 g/mol. The highest BCUT2D eigenvalue weighted by atomic mass is 16.5. The van der Waals surface area contributed by atoms with E-state index in [2.05, 4.69) is 15.6 Å². The minimum atomic E-state index is -0.0736. The second-order valence-electron chi connectivity index (χ2n) is 6.16. The van der Waals surface area contributed by atoms with Gasteiger partial charge in [0.1, 0.15) is 6.54 Å². The van der Waals surface area contributed by atoms with Gasteiger partial charge in [-0.2, -0.15) is 0 Å². The van der Waals surface area contributed by atoms with E-state index in [1.165, 1.54) is 4.90 Å². The van der Waals surface area contributed by atoms with E-state index < -0.39 is 0 Å². The van der Waals surface area contributed by atoms with Crippen LogP contribution in [0.25, 0.3) is 0 Å². The first-order valence-corrected chi connectivity index (χ1v) is 8.62. The molecule has 0 bridgehead atoms. The Bertz CT molecular complexity index is 628. The Morgan fingerprint density at radius 3 is 2.69 bits per heavy atom. The molecular formula is C18H28N4O4. The maximum atomic E-state index is 11.8. The van der Waals surface area contributed by atoms with Crippen LogP contribution in [0.3, 0.4) is 0 Å². The lowest BCUT2D eigenvalue weighted by Crippen LogP contribution is -2.37. The van der Waals surface area contributed by atoms with E-state index in [-0.39, 0.29) is 18.6 Å². The SMILES string of the molecule is COc1ccc(NC(=NCC(=O)N(C)C)NCC2CCCO2)cc1OC. The van der Waals surface area contributed by atoms with Gasteiger partial charge in [-0.15, -0.1) is 0 Å². The predicted octanol–water partition coefficient (Wildman–Crippen LogP) is 1.33. The summed E-state index contributed by atoms with van der Waals surface area (Å²) >= 11 is 0. The van der Waals surface area contributed by atoms with Gasteiger partial charge in [-0.3, -0.25) is 4.79 Å². The van der Waals surface area contributed by atoms with Crippen molar-refractivity contribution in [2.45, 2.75) is 18.9 Å². The van der Waals surface area contributed by atoms with Crippen molar-refractivity contribution in [2.75, 3.05) is 53.3 Å². The second-order valence-corrected chi connectivity index (χ2v) is 6.16. The summed E-state index contributed by atoms with van der Waals surface area (Å²) in [6.45, 7) is 1.48. The highest BCUT2D eigenvalue weighted by Gasteiger charge is 2.16. The molecule has 0 aliphatic carbocycles. The van der Waals surface area contributed by atoms with E-state index in [1.54, 1.807) is 28.3 Å². The molecule has 1 saturated heterocycles. The Hall–Kier alpha value is -2.48. The first kappa shape index (κ1) is 19.8. The molecule has 1 amide bonds. The summed E-state index contributed by atoms with van der Waals surface area (Å²) in [5, 5.41) is 6.44. The van der Waals surface area contributed by atoms with Gasteiger partial charge in [0.2, 0.25) is 5.91 Å². The molecule has 1 aromatic carbocycles. The third kappa shape index (κ3) is 5.80. The second kappa shape index (κ2) is 9.86. The predicted molar refractivity (Wildman–Crippen MR) is 101 cm³/mol. The zero-order valence-corrected chi connectivity index (χ0v) is 15.9. The molecule has 1 unspecified atom stereocenters. The number of hydrogen-bond donors (Lipinski definition) is 2. The Kier molecular flexibility index (Phi) is 7.53. The van der Waals surface area contributed by atoms with Gasteiger partial charge < -0.3 is 29.7 Å². The van der Waals surface area contributed by atoms with Crippen LogP contribution in [-0.2, 0) is 9.53 Å². The number of amides is 1. The lowest BCUT2D eigenvalue weighted by molar-refractivity contribution is -0.127. The van der Waals surface area contributed by atoms with E-state index in [1.807, 2.05) is 18.2 Å². The van der Waals surface area contributed by atoms with Crippen LogP contribution >= 0.6 is 0 Å². The van der Waals surface area contributed by atoms with Gasteiger partial charge >= 0.3 is 0 Å². The molecule has 2 N–H and O–H groups in total. The minimum absolute atomic E-state index is 0.0567. The number of guanidine groups is 1. The smallest absolute Gasteiger partial charge is 0.243 e. The van der Waals surface area contributed by atoms with Gasteiger partial charge in [0.15, 0.2) is 17.5 Å². The molecular weight excluding hydrogens is 336 g/mol. The fraction of sp³-hybridized carbons (Fsp3) is 0.556. The summed E-state index contributed by atoms with van der Waals surface area (Å²) < 4.78 is 16.2. The topological polar surface area (TPSA) is 84.4 Å². The van der Waals surface area contributed by atoms with Crippen molar-refractivity contribution in [2.24, 2.45) is 4.99 Å². The Labute approximate surface area is 154 Å². The fourth-order valence-electron chi connectivity index (χ4n) is 2.49. The number of nitrogens with zero attached hydrogens (tertiary/aromatic N) is 2. The molecule has 1 heterocycles. The Morgan fingerprint density at radius 2 is 2.08 bits per heavy atom. The molecule has 1 aliphatic heterocycles. The number of hydrogen-bond acceptors (Lipinski definition) is 5. The van der Waals surface area contributed by atoms with E-state index in [0.29, 0.717) is 24.0 Å². The monoisotopic (exact) mass is 364 g/mol. The van der Waals surface area contributed by atoms with E-state index in [0.717, 1.165) is 25.1 Å². The lowest BCUT2D eigenvalue weighted by atomic mass is 10.2. The molecule has 8 nitrogen and oxygen atoms in total. The molecule has 0 spiro atoms. The number of ether oxygens (including phenoxy) is 3. The molecule has 1 aromatic rings. The number of carbonyl (C=O) groups excluding carboxylic acids is 1. The van der Waals surface area contributed by atoms with Crippen molar-refractivity contribution in [1.82, 2.24) is 10.2 Å². The maximum Gasteiger partial charge on any atom is 0.243 e. The van der Waals surface area contributed by atoms with Gasteiger partial charge in [-0.1, -0.05) is 0 Å². The summed E-state index contributed by atoms with van der Waals surface area (Å²) in [5.74, 6) is 1.70. The summed E-state index contributed by atoms with van der Waals surface area (Å²) in [6, 6.07) is 5.48. The van der Waals surface area contributed by atoms with Gasteiger partial charge in [-0.05, 0) is 25.0 Å². The zero-order valence-electron chi connectivity index (χ0n) is 15.9. The molecule has 0 saturated carbocycles. The Balaban J connectivity index is 2.08. The molecule has 1 fully saturated rings. The molecule has 1 atom stereocenters. The number of nitrogens with one attached hydrogen (secondary N) is 2. The fourth-order valence-corrected chi connectivity index (χ4v) is 2.49. The molecule has 2 rings (SSSR count). The summed E-state index contributed by atoms with van der Waals surface area (Å²) in [5.41, 5.74) is 0.776. The van der Waals surface area contributed by atoms with E-state index >= 15 is 0 Å². The summed E-state index contributed by atoms with van der Waals surface area (Å²) in [4.78, 5) is 17.7. The van der Waals surface area contributed by atoms with Crippen LogP contribution in [-0.4, -0.2) is 70.9 Å².